The Morgan fingerprint density at radius 1 is 0.958 bits per heavy atom. The zero-order valence-electron chi connectivity index (χ0n) is 26.5. The summed E-state index contributed by atoms with van der Waals surface area (Å²) < 4.78 is 5.48. The molecule has 48 heavy (non-hydrogen) atoms. The van der Waals surface area contributed by atoms with E-state index < -0.39 is 64.6 Å². The summed E-state index contributed by atoms with van der Waals surface area (Å²) in [6, 6.07) is 21.3. The van der Waals surface area contributed by atoms with E-state index in [1.807, 2.05) is 55.5 Å². The number of hydrogen-bond donors (Lipinski definition) is 3. The van der Waals surface area contributed by atoms with Gasteiger partial charge in [0.05, 0.1) is 42.4 Å². The summed E-state index contributed by atoms with van der Waals surface area (Å²) in [5.74, 6) is -6.64. The second-order valence-electron chi connectivity index (χ2n) is 13.0. The van der Waals surface area contributed by atoms with Gasteiger partial charge in [0.1, 0.15) is 0 Å². The van der Waals surface area contributed by atoms with Gasteiger partial charge in [-0.3, -0.25) is 34.3 Å². The number of aryl methyl sites for hydroxylation is 1. The number of carbonyl (C=O) groups excluding carboxylic acids is 4. The SMILES string of the molecule is COc1cc([C@H]2C3=CC[C@@H]4C(=O)N(CCC(=O)O)C(=O)[C@@H]4[C@@H]3C[C@H]3C(=O)N(Nc4ccc(C)cc4)C(=O)[C@@]23c2ccccc2)ccc1O. The Morgan fingerprint density at radius 3 is 2.38 bits per heavy atom. The van der Waals surface area contributed by atoms with Gasteiger partial charge in [0.25, 0.3) is 11.8 Å². The molecular formula is C37H35N3O8. The topological polar surface area (TPSA) is 154 Å². The van der Waals surface area contributed by atoms with Crippen LogP contribution in [0.1, 0.15) is 41.9 Å². The predicted molar refractivity (Wildman–Crippen MR) is 172 cm³/mol. The minimum absolute atomic E-state index is 0.0984. The van der Waals surface area contributed by atoms with Crippen LogP contribution in [0.2, 0.25) is 0 Å². The number of imide groups is 2. The van der Waals surface area contributed by atoms with Crippen molar-refractivity contribution in [2.45, 2.75) is 37.5 Å². The zero-order valence-corrected chi connectivity index (χ0v) is 26.5. The number of carbonyl (C=O) groups is 5. The highest BCUT2D eigenvalue weighted by Crippen LogP contribution is 2.64. The Bertz CT molecular complexity index is 1870. The number of hydrazine groups is 1. The zero-order chi connectivity index (χ0) is 33.9. The lowest BCUT2D eigenvalue weighted by Crippen LogP contribution is -2.53. The third-order valence-electron chi connectivity index (χ3n) is 10.6. The molecule has 3 aromatic rings. The van der Waals surface area contributed by atoms with E-state index in [-0.39, 0.29) is 37.3 Å². The minimum Gasteiger partial charge on any atom is -0.504 e. The maximum Gasteiger partial charge on any atom is 0.305 e. The van der Waals surface area contributed by atoms with E-state index in [0.717, 1.165) is 21.0 Å². The molecule has 3 N–H and O–H groups in total. The van der Waals surface area contributed by atoms with Crippen molar-refractivity contribution in [3.05, 3.63) is 101 Å². The van der Waals surface area contributed by atoms with Crippen molar-refractivity contribution >= 4 is 35.3 Å². The Labute approximate surface area is 276 Å². The van der Waals surface area contributed by atoms with Crippen LogP contribution < -0.4 is 10.2 Å². The molecule has 4 aliphatic rings. The molecule has 11 heteroatoms. The number of phenolic OH excluding ortho intramolecular Hbond substituents is 1. The molecule has 2 heterocycles. The largest absolute Gasteiger partial charge is 0.504 e. The summed E-state index contributed by atoms with van der Waals surface area (Å²) >= 11 is 0. The summed E-state index contributed by atoms with van der Waals surface area (Å²) in [5, 5.41) is 20.9. The quantitative estimate of drug-likeness (QED) is 0.241. The average Bonchev–Trinajstić information content (AvgIpc) is 3.46. The minimum atomic E-state index is -1.46. The molecular weight excluding hydrogens is 614 g/mol. The molecule has 1 saturated carbocycles. The van der Waals surface area contributed by atoms with E-state index in [9.17, 15) is 29.4 Å². The number of ether oxygens (including phenoxy) is 1. The van der Waals surface area contributed by atoms with Crippen LogP contribution >= 0.6 is 0 Å². The Morgan fingerprint density at radius 2 is 1.69 bits per heavy atom. The van der Waals surface area contributed by atoms with Crippen molar-refractivity contribution in [1.29, 1.82) is 0 Å². The van der Waals surface area contributed by atoms with Gasteiger partial charge < -0.3 is 14.9 Å². The lowest BCUT2D eigenvalue weighted by Gasteiger charge is -2.50. The van der Waals surface area contributed by atoms with Crippen molar-refractivity contribution in [3.8, 4) is 11.5 Å². The van der Waals surface area contributed by atoms with Gasteiger partial charge in [-0.15, -0.1) is 0 Å². The van der Waals surface area contributed by atoms with E-state index in [1.54, 1.807) is 24.3 Å². The molecule has 3 fully saturated rings. The van der Waals surface area contributed by atoms with Gasteiger partial charge in [0, 0.05) is 12.5 Å². The molecule has 246 valence electrons. The number of likely N-dealkylation sites (tertiary alicyclic amines) is 1. The van der Waals surface area contributed by atoms with E-state index in [1.165, 1.54) is 13.2 Å². The smallest absolute Gasteiger partial charge is 0.305 e. The molecule has 0 spiro atoms. The first kappa shape index (κ1) is 31.2. The first-order valence-electron chi connectivity index (χ1n) is 16.0. The molecule has 11 nitrogen and oxygen atoms in total. The van der Waals surface area contributed by atoms with Crippen LogP contribution in [0, 0.1) is 30.6 Å². The molecule has 2 saturated heterocycles. The van der Waals surface area contributed by atoms with Gasteiger partial charge in [-0.05, 0) is 61.1 Å². The fraction of sp³-hybridized carbons (Fsp3) is 0.324. The number of nitrogens with one attached hydrogen (secondary N) is 1. The molecule has 3 aromatic carbocycles. The lowest BCUT2D eigenvalue weighted by molar-refractivity contribution is -0.143. The summed E-state index contributed by atoms with van der Waals surface area (Å²) in [6.07, 6.45) is 1.90. The summed E-state index contributed by atoms with van der Waals surface area (Å²) in [5.41, 5.74) is 5.15. The molecule has 4 amide bonds. The van der Waals surface area contributed by atoms with Crippen LogP contribution in [0.3, 0.4) is 0 Å². The normalized spacial score (nSPS) is 27.7. The van der Waals surface area contributed by atoms with Gasteiger partial charge in [0.2, 0.25) is 11.8 Å². The fourth-order valence-corrected chi connectivity index (χ4v) is 8.49. The van der Waals surface area contributed by atoms with E-state index >= 15 is 4.79 Å². The third-order valence-corrected chi connectivity index (χ3v) is 10.6. The van der Waals surface area contributed by atoms with Crippen LogP contribution in [0.15, 0.2) is 84.4 Å². The number of amides is 4. The van der Waals surface area contributed by atoms with Gasteiger partial charge in [0.15, 0.2) is 11.5 Å². The van der Waals surface area contributed by atoms with Crippen molar-refractivity contribution in [2.24, 2.45) is 23.7 Å². The van der Waals surface area contributed by atoms with Crippen LogP contribution in [0.5, 0.6) is 11.5 Å². The number of hydrogen-bond acceptors (Lipinski definition) is 8. The number of aromatic hydroxyl groups is 1. The number of anilines is 1. The summed E-state index contributed by atoms with van der Waals surface area (Å²) in [4.78, 5) is 69.7. The molecule has 0 aromatic heterocycles. The highest BCUT2D eigenvalue weighted by atomic mass is 16.5. The number of carboxylic acids is 1. The van der Waals surface area contributed by atoms with Gasteiger partial charge in [-0.25, -0.2) is 0 Å². The third kappa shape index (κ3) is 4.59. The fourth-order valence-electron chi connectivity index (χ4n) is 8.49. The number of nitrogens with zero attached hydrogens (tertiary/aromatic N) is 2. The maximum absolute atomic E-state index is 15.1. The number of fused-ring (bicyclic) bond motifs is 4. The second-order valence-corrected chi connectivity index (χ2v) is 13.0. The van der Waals surface area contributed by atoms with Crippen molar-refractivity contribution in [2.75, 3.05) is 19.1 Å². The van der Waals surface area contributed by atoms with Crippen LogP contribution in [-0.2, 0) is 29.4 Å². The number of phenols is 1. The number of allylic oxidation sites excluding steroid dienone is 2. The van der Waals surface area contributed by atoms with E-state index in [4.69, 9.17) is 4.74 Å². The Kier molecular flexibility index (Phi) is 7.57. The van der Waals surface area contributed by atoms with E-state index in [2.05, 4.69) is 5.43 Å². The second kappa shape index (κ2) is 11.7. The van der Waals surface area contributed by atoms with Crippen molar-refractivity contribution < 1.29 is 38.9 Å². The standard InChI is InChI=1S/C37H35N3O8/c1-20-8-11-23(12-9-20)38-40-34(45)27-19-26-24(13-14-25-31(26)35(46)39(33(25)44)17-16-30(42)43)32(21-10-15-28(41)29(18-21)48-2)37(27,36(40)47)22-6-4-3-5-7-22/h3-13,15,18,25-27,31-32,38,41H,14,16-17,19H2,1-2H3,(H,42,43)/t25-,26+,27-,31-,32-,37+/m0/s1. The molecule has 7 rings (SSSR count). The van der Waals surface area contributed by atoms with Crippen LogP contribution in [-0.4, -0.2) is 63.4 Å². The Balaban J connectivity index is 1.42. The van der Waals surface area contributed by atoms with E-state index in [0.29, 0.717) is 16.8 Å². The van der Waals surface area contributed by atoms with Crippen molar-refractivity contribution in [3.63, 3.8) is 0 Å². The monoisotopic (exact) mass is 649 g/mol. The first-order valence-corrected chi connectivity index (χ1v) is 16.0. The number of methoxy groups -OCH3 is 1. The molecule has 0 radical (unpaired) electrons. The number of carboxylic acid groups (broad SMARTS) is 1. The first-order chi connectivity index (χ1) is 23.1. The highest BCUT2D eigenvalue weighted by molar-refractivity contribution is 6.13. The number of aliphatic carboxylic acids is 1. The maximum atomic E-state index is 15.1. The average molecular weight is 650 g/mol. The molecule has 0 unspecified atom stereocenters. The molecule has 2 aliphatic carbocycles. The lowest BCUT2D eigenvalue weighted by atomic mass is 9.49. The molecule has 2 aliphatic heterocycles. The number of benzene rings is 3. The number of rotatable bonds is 8. The van der Waals surface area contributed by atoms with Gasteiger partial charge in [-0.2, -0.15) is 5.01 Å². The highest BCUT2D eigenvalue weighted by Gasteiger charge is 2.70. The molecule has 6 atom stereocenters. The van der Waals surface area contributed by atoms with Crippen LogP contribution in [0.4, 0.5) is 5.69 Å². The van der Waals surface area contributed by atoms with Gasteiger partial charge >= 0.3 is 5.97 Å². The van der Waals surface area contributed by atoms with Gasteiger partial charge in [-0.1, -0.05) is 65.7 Å². The summed E-state index contributed by atoms with van der Waals surface area (Å²) in [6.45, 7) is 1.70. The van der Waals surface area contributed by atoms with Crippen molar-refractivity contribution in [1.82, 2.24) is 9.91 Å². The van der Waals surface area contributed by atoms with Crippen LogP contribution in [0.25, 0.3) is 0 Å². The Hall–Kier alpha value is -5.45. The summed E-state index contributed by atoms with van der Waals surface area (Å²) in [7, 11) is 1.43. The predicted octanol–water partition coefficient (Wildman–Crippen LogP) is 4.17. The molecule has 0 bridgehead atoms.